The van der Waals surface area contributed by atoms with E-state index in [4.69, 9.17) is 4.74 Å². The van der Waals surface area contributed by atoms with Crippen molar-refractivity contribution in [2.45, 2.75) is 18.8 Å². The molecule has 1 aliphatic rings. The van der Waals surface area contributed by atoms with Crippen LogP contribution in [0.1, 0.15) is 34.7 Å². The van der Waals surface area contributed by atoms with Gasteiger partial charge < -0.3 is 4.74 Å². The number of methoxy groups -OCH3 is 1. The molecule has 1 aliphatic carbocycles. The van der Waals surface area contributed by atoms with Gasteiger partial charge >= 0.3 is 5.97 Å². The third kappa shape index (κ3) is 2.50. The second-order valence-corrected chi connectivity index (χ2v) is 5.55. The summed E-state index contributed by atoms with van der Waals surface area (Å²) in [6.07, 6.45) is 2.54. The minimum absolute atomic E-state index is 0.254. The number of quaternary nitrogens is 1. The Balaban J connectivity index is 2.48. The van der Waals surface area contributed by atoms with E-state index in [0.29, 0.717) is 16.0 Å². The Morgan fingerprint density at radius 3 is 2.41 bits per heavy atom. The normalized spacial score (nSPS) is 15.8. The van der Waals surface area contributed by atoms with Crippen molar-refractivity contribution in [3.63, 3.8) is 0 Å². The van der Waals surface area contributed by atoms with E-state index in [2.05, 4.69) is 33.3 Å². The molecule has 1 fully saturated rings. The van der Waals surface area contributed by atoms with Gasteiger partial charge in [-0.05, 0) is 30.4 Å². The summed E-state index contributed by atoms with van der Waals surface area (Å²) in [5.74, 6) is 0.447. The van der Waals surface area contributed by atoms with E-state index in [1.165, 1.54) is 25.5 Å². The number of nitrogens with zero attached hydrogens (tertiary/aromatic N) is 1. The van der Waals surface area contributed by atoms with Gasteiger partial charge in [-0.15, -0.1) is 0 Å². The summed E-state index contributed by atoms with van der Waals surface area (Å²) < 4.78 is 5.47. The van der Waals surface area contributed by atoms with Crippen LogP contribution in [0.3, 0.4) is 0 Å². The molecule has 0 radical (unpaired) electrons. The number of ether oxygens (including phenoxy) is 1. The van der Waals surface area contributed by atoms with Crippen LogP contribution in [0.25, 0.3) is 0 Å². The highest BCUT2D eigenvalue weighted by molar-refractivity contribution is 5.95. The van der Waals surface area contributed by atoms with Crippen LogP contribution in [0.15, 0.2) is 18.2 Å². The predicted molar refractivity (Wildman–Crippen MR) is 69.3 cm³/mol. The van der Waals surface area contributed by atoms with E-state index in [-0.39, 0.29) is 5.97 Å². The Labute approximate surface area is 103 Å². The zero-order valence-electron chi connectivity index (χ0n) is 11.0. The van der Waals surface area contributed by atoms with Crippen LogP contribution in [0.5, 0.6) is 0 Å². The second kappa shape index (κ2) is 4.15. The zero-order valence-corrected chi connectivity index (χ0v) is 11.0. The van der Waals surface area contributed by atoms with Crippen LogP contribution >= 0.6 is 0 Å². The maximum Gasteiger partial charge on any atom is 0.343 e. The maximum atomic E-state index is 11.7. The Hall–Kier alpha value is -1.35. The lowest BCUT2D eigenvalue weighted by Gasteiger charge is -2.26. The van der Waals surface area contributed by atoms with Gasteiger partial charge in [0.05, 0.1) is 28.3 Å². The van der Waals surface area contributed by atoms with E-state index in [0.717, 1.165) is 5.69 Å². The number of hydrogen-bond donors (Lipinski definition) is 0. The average Bonchev–Trinajstić information content (AvgIpc) is 3.10. The van der Waals surface area contributed by atoms with Crippen molar-refractivity contribution in [3.05, 3.63) is 29.3 Å². The quantitative estimate of drug-likeness (QED) is 0.593. The van der Waals surface area contributed by atoms with E-state index >= 15 is 0 Å². The summed E-state index contributed by atoms with van der Waals surface area (Å²) in [6, 6.07) is 6.12. The topological polar surface area (TPSA) is 26.3 Å². The van der Waals surface area contributed by atoms with Gasteiger partial charge in [-0.1, -0.05) is 6.07 Å². The number of benzene rings is 1. The fourth-order valence-electron chi connectivity index (χ4n) is 2.06. The molecule has 1 aromatic carbocycles. The molecule has 0 bridgehead atoms. The maximum absolute atomic E-state index is 11.7. The first kappa shape index (κ1) is 12.1. The smallest absolute Gasteiger partial charge is 0.343 e. The van der Waals surface area contributed by atoms with Gasteiger partial charge in [-0.3, -0.25) is 4.48 Å². The number of rotatable bonds is 3. The molecule has 17 heavy (non-hydrogen) atoms. The lowest BCUT2D eigenvalue weighted by Crippen LogP contribution is -2.36. The molecule has 0 aliphatic heterocycles. The van der Waals surface area contributed by atoms with Crippen molar-refractivity contribution in [1.29, 1.82) is 0 Å². The largest absolute Gasteiger partial charge is 0.465 e. The van der Waals surface area contributed by atoms with Crippen molar-refractivity contribution < 1.29 is 9.53 Å². The molecule has 2 rings (SSSR count). The Bertz CT molecular complexity index is 442. The molecule has 1 aromatic rings. The van der Waals surface area contributed by atoms with E-state index in [1.807, 2.05) is 6.07 Å². The van der Waals surface area contributed by atoms with E-state index in [1.54, 1.807) is 0 Å². The van der Waals surface area contributed by atoms with Gasteiger partial charge in [-0.25, -0.2) is 4.79 Å². The highest BCUT2D eigenvalue weighted by atomic mass is 16.5. The van der Waals surface area contributed by atoms with Crippen LogP contribution in [0.4, 0.5) is 5.69 Å². The third-order valence-corrected chi connectivity index (χ3v) is 3.20. The fraction of sp³-hybridized carbons (Fsp3) is 0.500. The number of hydrogen-bond acceptors (Lipinski definition) is 2. The molecule has 0 saturated heterocycles. The number of esters is 1. The number of carbonyl (C=O) groups excluding carboxylic acids is 1. The Morgan fingerprint density at radius 2 is 1.94 bits per heavy atom. The lowest BCUT2D eigenvalue weighted by atomic mass is 10.0. The van der Waals surface area contributed by atoms with Crippen molar-refractivity contribution in [2.24, 2.45) is 0 Å². The van der Waals surface area contributed by atoms with Crippen LogP contribution in [0.2, 0.25) is 0 Å². The molecule has 0 N–H and O–H groups in total. The van der Waals surface area contributed by atoms with E-state index in [9.17, 15) is 4.79 Å². The highest BCUT2D eigenvalue weighted by Gasteiger charge is 2.28. The predicted octanol–water partition coefficient (Wildman–Crippen LogP) is 2.55. The molecule has 0 aromatic heterocycles. The summed E-state index contributed by atoms with van der Waals surface area (Å²) in [5.41, 5.74) is 3.05. The first-order valence-corrected chi connectivity index (χ1v) is 5.97. The first-order valence-electron chi connectivity index (χ1n) is 5.97. The molecule has 0 atom stereocenters. The van der Waals surface area contributed by atoms with Crippen LogP contribution in [-0.4, -0.2) is 34.2 Å². The monoisotopic (exact) mass is 234 g/mol. The first-order chi connectivity index (χ1) is 7.93. The lowest BCUT2D eigenvalue weighted by molar-refractivity contribution is 0.0599. The van der Waals surface area contributed by atoms with Crippen molar-refractivity contribution >= 4 is 11.7 Å². The third-order valence-electron chi connectivity index (χ3n) is 3.20. The second-order valence-electron chi connectivity index (χ2n) is 5.55. The van der Waals surface area contributed by atoms with E-state index < -0.39 is 0 Å². The van der Waals surface area contributed by atoms with Crippen molar-refractivity contribution in [3.8, 4) is 0 Å². The zero-order chi connectivity index (χ0) is 12.6. The van der Waals surface area contributed by atoms with Gasteiger partial charge in [-0.2, -0.15) is 0 Å². The van der Waals surface area contributed by atoms with Gasteiger partial charge in [0.15, 0.2) is 0 Å². The fourth-order valence-corrected chi connectivity index (χ4v) is 2.06. The molecule has 0 heterocycles. The Morgan fingerprint density at radius 1 is 1.29 bits per heavy atom. The van der Waals surface area contributed by atoms with Gasteiger partial charge in [0.2, 0.25) is 0 Å². The molecular weight excluding hydrogens is 214 g/mol. The minimum atomic E-state index is -0.254. The molecule has 0 amide bonds. The SMILES string of the molecule is COC(=O)c1ccc(C2CC2)cc1[N+](C)(C)C. The standard InChI is InChI=1S/C14H20NO2/c1-15(2,3)13-9-11(10-5-6-10)7-8-12(13)14(16)17-4/h7-10H,5-6H2,1-4H3/q+1. The molecule has 0 spiro atoms. The summed E-state index contributed by atoms with van der Waals surface area (Å²) in [6.45, 7) is 0. The molecule has 3 nitrogen and oxygen atoms in total. The summed E-state index contributed by atoms with van der Waals surface area (Å²) >= 11 is 0. The number of carbonyl (C=O) groups is 1. The van der Waals surface area contributed by atoms with Gasteiger partial charge in [0, 0.05) is 6.07 Å². The molecule has 1 saturated carbocycles. The minimum Gasteiger partial charge on any atom is -0.465 e. The van der Waals surface area contributed by atoms with Crippen molar-refractivity contribution in [1.82, 2.24) is 4.48 Å². The Kier molecular flexibility index (Phi) is 2.96. The highest BCUT2D eigenvalue weighted by Crippen LogP contribution is 2.42. The van der Waals surface area contributed by atoms with Crippen LogP contribution in [0, 0.1) is 0 Å². The molecule has 92 valence electrons. The van der Waals surface area contributed by atoms with Crippen molar-refractivity contribution in [2.75, 3.05) is 28.3 Å². The summed E-state index contributed by atoms with van der Waals surface area (Å²) in [4.78, 5) is 11.7. The summed E-state index contributed by atoms with van der Waals surface area (Å²) in [5, 5.41) is 0. The van der Waals surface area contributed by atoms with Gasteiger partial charge in [0.25, 0.3) is 0 Å². The van der Waals surface area contributed by atoms with Crippen LogP contribution < -0.4 is 4.48 Å². The van der Waals surface area contributed by atoms with Crippen LogP contribution in [-0.2, 0) is 4.74 Å². The average molecular weight is 234 g/mol. The summed E-state index contributed by atoms with van der Waals surface area (Å²) in [7, 11) is 7.63. The molecular formula is C14H20NO2+. The molecule has 0 unspecified atom stereocenters. The van der Waals surface area contributed by atoms with Gasteiger partial charge in [0.1, 0.15) is 11.3 Å². The molecule has 3 heteroatoms.